The largest absolute Gasteiger partial charge is 0.496 e. The maximum atomic E-state index is 8.89. The molecule has 0 saturated carbocycles. The van der Waals surface area contributed by atoms with E-state index in [9.17, 15) is 0 Å². The van der Waals surface area contributed by atoms with Gasteiger partial charge >= 0.3 is 0 Å². The topological polar surface area (TPSA) is 53.2 Å². The lowest BCUT2D eigenvalue weighted by atomic mass is 10.0. The summed E-state index contributed by atoms with van der Waals surface area (Å²) in [6.45, 7) is -0.117. The second-order valence-corrected chi connectivity index (χ2v) is 3.02. The van der Waals surface area contributed by atoms with Crippen molar-refractivity contribution in [3.8, 4) is 11.8 Å². The van der Waals surface area contributed by atoms with Crippen LogP contribution in [0.15, 0.2) is 24.3 Å². The maximum absolute atomic E-state index is 8.89. The van der Waals surface area contributed by atoms with Crippen LogP contribution in [-0.4, -0.2) is 18.8 Å². The van der Waals surface area contributed by atoms with Crippen molar-refractivity contribution in [3.05, 3.63) is 29.8 Å². The molecule has 1 unspecified atom stereocenters. The molecule has 1 rings (SSSR count). The molecule has 1 N–H and O–H groups in total. The van der Waals surface area contributed by atoms with Crippen LogP contribution in [-0.2, 0) is 6.42 Å². The third-order valence-corrected chi connectivity index (χ3v) is 2.06. The number of nitrogens with zero attached hydrogens (tertiary/aromatic N) is 1. The first-order chi connectivity index (χ1) is 6.81. The molecule has 0 radical (unpaired) electrons. The number of hydrogen-bond acceptors (Lipinski definition) is 3. The second kappa shape index (κ2) is 5.25. The fraction of sp³-hybridized carbons (Fsp3) is 0.364. The van der Waals surface area contributed by atoms with Crippen LogP contribution in [0, 0.1) is 17.2 Å². The number of para-hydroxylation sites is 1. The zero-order valence-corrected chi connectivity index (χ0v) is 8.10. The number of benzene rings is 1. The number of ether oxygens (including phenoxy) is 1. The van der Waals surface area contributed by atoms with Crippen LogP contribution >= 0.6 is 0 Å². The van der Waals surface area contributed by atoms with Crippen molar-refractivity contribution in [1.82, 2.24) is 0 Å². The molecule has 0 bridgehead atoms. The third kappa shape index (κ3) is 2.48. The highest BCUT2D eigenvalue weighted by Gasteiger charge is 2.09. The Morgan fingerprint density at radius 2 is 2.21 bits per heavy atom. The van der Waals surface area contributed by atoms with Crippen LogP contribution in [0.25, 0.3) is 0 Å². The molecular weight excluding hydrogens is 178 g/mol. The van der Waals surface area contributed by atoms with Gasteiger partial charge in [0, 0.05) is 0 Å². The summed E-state index contributed by atoms with van der Waals surface area (Å²) in [5.41, 5.74) is 0.954. The Morgan fingerprint density at radius 1 is 1.50 bits per heavy atom. The van der Waals surface area contributed by atoms with Gasteiger partial charge in [0.2, 0.25) is 0 Å². The van der Waals surface area contributed by atoms with E-state index in [2.05, 4.69) is 0 Å². The van der Waals surface area contributed by atoms with E-state index >= 15 is 0 Å². The van der Waals surface area contributed by atoms with Gasteiger partial charge in [-0.2, -0.15) is 5.26 Å². The number of aliphatic hydroxyl groups excluding tert-OH is 1. The monoisotopic (exact) mass is 191 g/mol. The van der Waals surface area contributed by atoms with Crippen LogP contribution in [0.4, 0.5) is 0 Å². The molecule has 0 fully saturated rings. The molecular formula is C11H13NO2. The lowest BCUT2D eigenvalue weighted by Crippen LogP contribution is -2.07. The molecule has 0 spiro atoms. The molecule has 14 heavy (non-hydrogen) atoms. The van der Waals surface area contributed by atoms with Gasteiger partial charge in [-0.3, -0.25) is 0 Å². The molecule has 0 heterocycles. The van der Waals surface area contributed by atoms with E-state index in [4.69, 9.17) is 15.1 Å². The van der Waals surface area contributed by atoms with Crippen molar-refractivity contribution in [1.29, 1.82) is 5.26 Å². The molecule has 74 valence electrons. The Hall–Kier alpha value is -1.53. The number of rotatable bonds is 4. The quantitative estimate of drug-likeness (QED) is 0.782. The first-order valence-corrected chi connectivity index (χ1v) is 4.44. The number of nitriles is 1. The summed E-state index contributed by atoms with van der Waals surface area (Å²) < 4.78 is 5.14. The van der Waals surface area contributed by atoms with Gasteiger partial charge in [-0.05, 0) is 18.1 Å². The Kier molecular flexibility index (Phi) is 3.96. The Balaban J connectivity index is 2.80. The summed E-state index contributed by atoms with van der Waals surface area (Å²) in [4.78, 5) is 0. The van der Waals surface area contributed by atoms with E-state index < -0.39 is 0 Å². The highest BCUT2D eigenvalue weighted by Crippen LogP contribution is 2.20. The van der Waals surface area contributed by atoms with Crippen molar-refractivity contribution in [2.45, 2.75) is 6.42 Å². The van der Waals surface area contributed by atoms with Crippen LogP contribution in [0.5, 0.6) is 5.75 Å². The van der Waals surface area contributed by atoms with E-state index in [-0.39, 0.29) is 12.5 Å². The number of methoxy groups -OCH3 is 1. The van der Waals surface area contributed by atoms with E-state index in [0.29, 0.717) is 6.42 Å². The zero-order valence-electron chi connectivity index (χ0n) is 8.10. The Morgan fingerprint density at radius 3 is 2.79 bits per heavy atom. The van der Waals surface area contributed by atoms with Crippen LogP contribution in [0.2, 0.25) is 0 Å². The highest BCUT2D eigenvalue weighted by atomic mass is 16.5. The summed E-state index contributed by atoms with van der Waals surface area (Å²) in [5.74, 6) is 0.410. The molecule has 0 aliphatic heterocycles. The summed E-state index contributed by atoms with van der Waals surface area (Å²) in [6, 6.07) is 9.57. The molecule has 0 aliphatic carbocycles. The van der Waals surface area contributed by atoms with E-state index in [0.717, 1.165) is 11.3 Å². The fourth-order valence-corrected chi connectivity index (χ4v) is 1.29. The lowest BCUT2D eigenvalue weighted by molar-refractivity contribution is 0.254. The maximum Gasteiger partial charge on any atom is 0.122 e. The minimum atomic E-state index is -0.355. The van der Waals surface area contributed by atoms with Gasteiger partial charge in [-0.25, -0.2) is 0 Å². The summed E-state index contributed by atoms with van der Waals surface area (Å²) in [5, 5.41) is 17.6. The van der Waals surface area contributed by atoms with Gasteiger partial charge in [0.25, 0.3) is 0 Å². The van der Waals surface area contributed by atoms with Crippen LogP contribution < -0.4 is 4.74 Å². The molecule has 1 atom stereocenters. The molecule has 3 nitrogen and oxygen atoms in total. The van der Waals surface area contributed by atoms with E-state index in [1.807, 2.05) is 30.3 Å². The minimum Gasteiger partial charge on any atom is -0.496 e. The molecule has 1 aromatic carbocycles. The van der Waals surface area contributed by atoms with E-state index in [1.165, 1.54) is 0 Å². The predicted octanol–water partition coefficient (Wildman–Crippen LogP) is 1.37. The molecule has 3 heteroatoms. The fourth-order valence-electron chi connectivity index (χ4n) is 1.29. The van der Waals surface area contributed by atoms with Crippen LogP contribution in [0.1, 0.15) is 5.56 Å². The molecule has 0 saturated heterocycles. The SMILES string of the molecule is COc1ccccc1CC(C#N)CO. The van der Waals surface area contributed by atoms with Crippen molar-refractivity contribution >= 4 is 0 Å². The van der Waals surface area contributed by atoms with Crippen molar-refractivity contribution in [2.75, 3.05) is 13.7 Å². The number of aliphatic hydroxyl groups is 1. The van der Waals surface area contributed by atoms with Gasteiger partial charge in [-0.15, -0.1) is 0 Å². The third-order valence-electron chi connectivity index (χ3n) is 2.06. The Bertz CT molecular complexity index is 330. The summed E-state index contributed by atoms with van der Waals surface area (Å²) in [7, 11) is 1.60. The highest BCUT2D eigenvalue weighted by molar-refractivity contribution is 5.33. The zero-order chi connectivity index (χ0) is 10.4. The minimum absolute atomic E-state index is 0.117. The first kappa shape index (κ1) is 10.6. The van der Waals surface area contributed by atoms with Gasteiger partial charge in [0.05, 0.1) is 25.7 Å². The molecule has 0 aromatic heterocycles. The van der Waals surface area contributed by atoms with Crippen molar-refractivity contribution in [2.24, 2.45) is 5.92 Å². The smallest absolute Gasteiger partial charge is 0.122 e. The van der Waals surface area contributed by atoms with Gasteiger partial charge < -0.3 is 9.84 Å². The average molecular weight is 191 g/mol. The molecule has 0 aliphatic rings. The average Bonchev–Trinajstić information content (AvgIpc) is 2.26. The summed E-state index contributed by atoms with van der Waals surface area (Å²) in [6.07, 6.45) is 0.525. The number of hydrogen-bond donors (Lipinski definition) is 1. The van der Waals surface area contributed by atoms with Crippen LogP contribution in [0.3, 0.4) is 0 Å². The van der Waals surface area contributed by atoms with Crippen molar-refractivity contribution in [3.63, 3.8) is 0 Å². The van der Waals surface area contributed by atoms with E-state index in [1.54, 1.807) is 7.11 Å². The summed E-state index contributed by atoms with van der Waals surface area (Å²) >= 11 is 0. The van der Waals surface area contributed by atoms with Crippen molar-refractivity contribution < 1.29 is 9.84 Å². The second-order valence-electron chi connectivity index (χ2n) is 3.02. The predicted molar refractivity (Wildman–Crippen MR) is 52.9 cm³/mol. The van der Waals surface area contributed by atoms with Gasteiger partial charge in [-0.1, -0.05) is 18.2 Å². The van der Waals surface area contributed by atoms with Gasteiger partial charge in [0.1, 0.15) is 5.75 Å². The standard InChI is InChI=1S/C11H13NO2/c1-14-11-5-3-2-4-10(11)6-9(7-12)8-13/h2-5,9,13H,6,8H2,1H3. The first-order valence-electron chi connectivity index (χ1n) is 4.44. The Labute approximate surface area is 83.6 Å². The lowest BCUT2D eigenvalue weighted by Gasteiger charge is -2.09. The molecule has 1 aromatic rings. The molecule has 0 amide bonds. The normalized spacial score (nSPS) is 11.8. The van der Waals surface area contributed by atoms with Gasteiger partial charge in [0.15, 0.2) is 0 Å².